The predicted octanol–water partition coefficient (Wildman–Crippen LogP) is 1.19. The first-order valence-corrected chi connectivity index (χ1v) is 7.78. The molecule has 0 heterocycles. The van der Waals surface area contributed by atoms with Crippen LogP contribution in [0.3, 0.4) is 0 Å². The van der Waals surface area contributed by atoms with Crippen molar-refractivity contribution < 1.29 is 19.5 Å². The third kappa shape index (κ3) is 3.74. The lowest BCUT2D eigenvalue weighted by Crippen LogP contribution is -2.59. The van der Waals surface area contributed by atoms with Crippen LogP contribution in [0.4, 0.5) is 0 Å². The van der Waals surface area contributed by atoms with Crippen LogP contribution in [0.5, 0.6) is 0 Å². The van der Waals surface area contributed by atoms with Gasteiger partial charge >= 0.3 is 5.97 Å². The molecule has 2 aliphatic carbocycles. The van der Waals surface area contributed by atoms with Gasteiger partial charge in [0.15, 0.2) is 0 Å². The molecule has 118 valence electrons. The monoisotopic (exact) mass is 296 g/mol. The Kier molecular flexibility index (Phi) is 4.85. The number of carboxylic acid groups (broad SMARTS) is 1. The van der Waals surface area contributed by atoms with Gasteiger partial charge < -0.3 is 15.7 Å². The summed E-state index contributed by atoms with van der Waals surface area (Å²) in [7, 11) is 0. The van der Waals surface area contributed by atoms with Crippen LogP contribution in [0, 0.1) is 5.92 Å². The van der Waals surface area contributed by atoms with Crippen molar-refractivity contribution in [3.8, 4) is 0 Å². The number of carbonyl (C=O) groups is 3. The third-order valence-corrected chi connectivity index (χ3v) is 4.60. The first-order chi connectivity index (χ1) is 9.93. The summed E-state index contributed by atoms with van der Waals surface area (Å²) in [5.41, 5.74) is -1.08. The summed E-state index contributed by atoms with van der Waals surface area (Å²) in [6.45, 7) is 1.78. The van der Waals surface area contributed by atoms with Gasteiger partial charge in [0, 0.05) is 18.4 Å². The van der Waals surface area contributed by atoms with Crippen molar-refractivity contribution >= 4 is 17.8 Å². The number of hydrogen-bond acceptors (Lipinski definition) is 3. The van der Waals surface area contributed by atoms with E-state index in [1.807, 2.05) is 0 Å². The number of amides is 2. The molecule has 3 N–H and O–H groups in total. The van der Waals surface area contributed by atoms with E-state index in [0.717, 1.165) is 32.1 Å². The van der Waals surface area contributed by atoms with Crippen molar-refractivity contribution in [2.45, 2.75) is 69.9 Å². The molecule has 0 saturated heterocycles. The lowest BCUT2D eigenvalue weighted by Gasteiger charge is -2.38. The van der Waals surface area contributed by atoms with Crippen LogP contribution in [0.25, 0.3) is 0 Å². The normalized spacial score (nSPS) is 22.1. The van der Waals surface area contributed by atoms with Gasteiger partial charge in [0.2, 0.25) is 11.8 Å². The van der Waals surface area contributed by atoms with E-state index in [9.17, 15) is 19.5 Å². The van der Waals surface area contributed by atoms with Crippen LogP contribution >= 0.6 is 0 Å². The highest BCUT2D eigenvalue weighted by atomic mass is 16.4. The molecule has 2 fully saturated rings. The molecular formula is C15H24N2O4. The molecular weight excluding hydrogens is 272 g/mol. The molecule has 2 rings (SSSR count). The third-order valence-electron chi connectivity index (χ3n) is 4.60. The van der Waals surface area contributed by atoms with E-state index in [2.05, 4.69) is 10.6 Å². The Morgan fingerprint density at radius 1 is 1.19 bits per heavy atom. The first-order valence-electron chi connectivity index (χ1n) is 7.78. The molecule has 0 spiro atoms. The quantitative estimate of drug-likeness (QED) is 0.686. The second-order valence-corrected chi connectivity index (χ2v) is 6.38. The van der Waals surface area contributed by atoms with Crippen molar-refractivity contribution in [3.05, 3.63) is 0 Å². The Morgan fingerprint density at radius 3 is 2.29 bits per heavy atom. The van der Waals surface area contributed by atoms with E-state index >= 15 is 0 Å². The van der Waals surface area contributed by atoms with Gasteiger partial charge in [-0.1, -0.05) is 12.8 Å². The SMILES string of the molecule is CC(CC(=O)NC1(C(=O)O)CCC1)NC(=O)C1CCCC1. The maximum atomic E-state index is 12.0. The van der Waals surface area contributed by atoms with Crippen molar-refractivity contribution in [2.75, 3.05) is 0 Å². The zero-order valence-electron chi connectivity index (χ0n) is 12.5. The molecule has 0 aromatic heterocycles. The maximum Gasteiger partial charge on any atom is 0.329 e. The van der Waals surface area contributed by atoms with Crippen LogP contribution < -0.4 is 10.6 Å². The average molecular weight is 296 g/mol. The van der Waals surface area contributed by atoms with E-state index in [0.29, 0.717) is 12.8 Å². The van der Waals surface area contributed by atoms with E-state index in [1.54, 1.807) is 6.92 Å². The fraction of sp³-hybridized carbons (Fsp3) is 0.800. The molecule has 6 nitrogen and oxygen atoms in total. The van der Waals surface area contributed by atoms with Gasteiger partial charge in [-0.15, -0.1) is 0 Å². The van der Waals surface area contributed by atoms with Gasteiger partial charge in [-0.05, 0) is 39.0 Å². The van der Waals surface area contributed by atoms with Gasteiger partial charge in [-0.2, -0.15) is 0 Å². The highest BCUT2D eigenvalue weighted by molar-refractivity contribution is 5.88. The van der Waals surface area contributed by atoms with Crippen molar-refractivity contribution in [1.29, 1.82) is 0 Å². The Labute approximate surface area is 124 Å². The fourth-order valence-electron chi connectivity index (χ4n) is 3.12. The smallest absolute Gasteiger partial charge is 0.329 e. The topological polar surface area (TPSA) is 95.5 Å². The summed E-state index contributed by atoms with van der Waals surface area (Å²) < 4.78 is 0. The molecule has 21 heavy (non-hydrogen) atoms. The minimum Gasteiger partial charge on any atom is -0.480 e. The number of nitrogens with one attached hydrogen (secondary N) is 2. The van der Waals surface area contributed by atoms with Crippen molar-refractivity contribution in [3.63, 3.8) is 0 Å². The average Bonchev–Trinajstić information content (AvgIpc) is 2.86. The van der Waals surface area contributed by atoms with E-state index in [1.165, 1.54) is 0 Å². The molecule has 6 heteroatoms. The fourth-order valence-corrected chi connectivity index (χ4v) is 3.12. The molecule has 2 amide bonds. The predicted molar refractivity (Wildman–Crippen MR) is 76.5 cm³/mol. The summed E-state index contributed by atoms with van der Waals surface area (Å²) in [6.07, 6.45) is 5.93. The number of rotatable bonds is 6. The molecule has 1 atom stereocenters. The van der Waals surface area contributed by atoms with Crippen LogP contribution in [0.15, 0.2) is 0 Å². The zero-order chi connectivity index (χ0) is 15.5. The van der Waals surface area contributed by atoms with E-state index < -0.39 is 11.5 Å². The van der Waals surface area contributed by atoms with Gasteiger partial charge in [-0.25, -0.2) is 4.79 Å². The maximum absolute atomic E-state index is 12.0. The molecule has 0 aromatic rings. The Hall–Kier alpha value is -1.59. The molecule has 2 saturated carbocycles. The second-order valence-electron chi connectivity index (χ2n) is 6.38. The van der Waals surface area contributed by atoms with Gasteiger partial charge in [0.05, 0.1) is 0 Å². The summed E-state index contributed by atoms with van der Waals surface area (Å²) in [6, 6.07) is -0.274. The summed E-state index contributed by atoms with van der Waals surface area (Å²) in [5.74, 6) is -1.18. The summed E-state index contributed by atoms with van der Waals surface area (Å²) >= 11 is 0. The van der Waals surface area contributed by atoms with Crippen molar-refractivity contribution in [2.24, 2.45) is 5.92 Å². The molecule has 1 unspecified atom stereocenters. The van der Waals surface area contributed by atoms with E-state index in [4.69, 9.17) is 0 Å². The van der Waals surface area contributed by atoms with Crippen LogP contribution in [-0.2, 0) is 14.4 Å². The van der Waals surface area contributed by atoms with E-state index in [-0.39, 0.29) is 30.2 Å². The van der Waals surface area contributed by atoms with Gasteiger partial charge in [-0.3, -0.25) is 9.59 Å². The largest absolute Gasteiger partial charge is 0.480 e. The lowest BCUT2D eigenvalue weighted by molar-refractivity contribution is -0.151. The number of hydrogen-bond donors (Lipinski definition) is 3. The Bertz CT molecular complexity index is 425. The molecule has 2 aliphatic rings. The van der Waals surface area contributed by atoms with Crippen LogP contribution in [0.1, 0.15) is 58.3 Å². The molecule has 0 bridgehead atoms. The van der Waals surface area contributed by atoms with Crippen molar-refractivity contribution in [1.82, 2.24) is 10.6 Å². The Morgan fingerprint density at radius 2 is 1.81 bits per heavy atom. The molecule has 0 aromatic carbocycles. The first kappa shape index (κ1) is 15.8. The minimum absolute atomic E-state index is 0.0180. The minimum atomic E-state index is -1.08. The van der Waals surface area contributed by atoms with Gasteiger partial charge in [0.25, 0.3) is 0 Å². The molecule has 0 radical (unpaired) electrons. The zero-order valence-corrected chi connectivity index (χ0v) is 12.5. The van der Waals surface area contributed by atoms with Gasteiger partial charge in [0.1, 0.15) is 5.54 Å². The Balaban J connectivity index is 1.76. The number of aliphatic carboxylic acids is 1. The summed E-state index contributed by atoms with van der Waals surface area (Å²) in [5, 5.41) is 14.6. The summed E-state index contributed by atoms with van der Waals surface area (Å²) in [4.78, 5) is 35.1. The van der Waals surface area contributed by atoms with Crippen LogP contribution in [0.2, 0.25) is 0 Å². The highest BCUT2D eigenvalue weighted by Gasteiger charge is 2.45. The number of carbonyl (C=O) groups excluding carboxylic acids is 2. The standard InChI is InChI=1S/C15H24N2O4/c1-10(16-13(19)11-5-2-3-6-11)9-12(18)17-15(14(20)21)7-4-8-15/h10-11H,2-9H2,1H3,(H,16,19)(H,17,18)(H,20,21). The lowest BCUT2D eigenvalue weighted by atomic mass is 9.76. The highest BCUT2D eigenvalue weighted by Crippen LogP contribution is 2.32. The number of carboxylic acids is 1. The van der Waals surface area contributed by atoms with Crippen LogP contribution in [-0.4, -0.2) is 34.5 Å². The molecule has 0 aliphatic heterocycles. The second kappa shape index (κ2) is 6.45.